The Morgan fingerprint density at radius 1 is 1.24 bits per heavy atom. The van der Waals surface area contributed by atoms with E-state index in [4.69, 9.17) is 4.74 Å². The number of halogens is 2. The number of rotatable bonds is 2. The highest BCUT2D eigenvalue weighted by Crippen LogP contribution is 2.41. The lowest BCUT2D eigenvalue weighted by molar-refractivity contribution is 0.463. The van der Waals surface area contributed by atoms with E-state index in [1.165, 1.54) is 35.3 Å². The summed E-state index contributed by atoms with van der Waals surface area (Å²) in [6.45, 7) is 0. The third-order valence-electron chi connectivity index (χ3n) is 3.57. The van der Waals surface area contributed by atoms with Gasteiger partial charge in [0.25, 0.3) is 0 Å². The molecular formula is C15H10BrFN2OS. The van der Waals surface area contributed by atoms with Gasteiger partial charge in [-0.25, -0.2) is 14.4 Å². The first-order valence-corrected chi connectivity index (χ1v) is 8.21. The minimum Gasteiger partial charge on any atom is -0.437 e. The molecule has 0 radical (unpaired) electrons. The first-order valence-electron chi connectivity index (χ1n) is 6.60. The number of thiophene rings is 1. The van der Waals surface area contributed by atoms with Gasteiger partial charge in [0.15, 0.2) is 0 Å². The molecule has 21 heavy (non-hydrogen) atoms. The fourth-order valence-electron chi connectivity index (χ4n) is 2.64. The molecule has 0 aliphatic heterocycles. The summed E-state index contributed by atoms with van der Waals surface area (Å²) in [6.07, 6.45) is 4.84. The van der Waals surface area contributed by atoms with Crippen LogP contribution in [0.2, 0.25) is 0 Å². The molecule has 0 N–H and O–H groups in total. The minimum absolute atomic E-state index is 0.307. The monoisotopic (exact) mass is 364 g/mol. The molecule has 0 atom stereocenters. The van der Waals surface area contributed by atoms with Gasteiger partial charge in [0.05, 0.1) is 9.86 Å². The predicted octanol–water partition coefficient (Wildman–Crippen LogP) is 4.87. The van der Waals surface area contributed by atoms with E-state index in [9.17, 15) is 4.39 Å². The Hall–Kier alpha value is -1.53. The van der Waals surface area contributed by atoms with Crippen molar-refractivity contribution in [2.45, 2.75) is 19.3 Å². The maximum absolute atomic E-state index is 13.2. The summed E-state index contributed by atoms with van der Waals surface area (Å²) in [4.78, 5) is 11.0. The van der Waals surface area contributed by atoms with Crippen LogP contribution in [0.15, 0.2) is 29.0 Å². The number of benzene rings is 1. The molecule has 0 saturated heterocycles. The third-order valence-corrected chi connectivity index (χ3v) is 5.39. The van der Waals surface area contributed by atoms with Crippen molar-refractivity contribution in [2.24, 2.45) is 0 Å². The van der Waals surface area contributed by atoms with Gasteiger partial charge in [-0.1, -0.05) is 0 Å². The molecule has 1 aromatic carbocycles. The van der Waals surface area contributed by atoms with E-state index in [0.717, 1.165) is 23.1 Å². The van der Waals surface area contributed by atoms with E-state index >= 15 is 0 Å². The van der Waals surface area contributed by atoms with Gasteiger partial charge in [-0.3, -0.25) is 0 Å². The summed E-state index contributed by atoms with van der Waals surface area (Å²) in [5.41, 5.74) is 1.31. The highest BCUT2D eigenvalue weighted by Gasteiger charge is 2.22. The second-order valence-corrected chi connectivity index (χ2v) is 6.83. The Morgan fingerprint density at radius 3 is 3.00 bits per heavy atom. The Morgan fingerprint density at radius 2 is 2.14 bits per heavy atom. The van der Waals surface area contributed by atoms with Crippen molar-refractivity contribution in [2.75, 3.05) is 0 Å². The molecule has 4 rings (SSSR count). The molecule has 3 aromatic rings. The van der Waals surface area contributed by atoms with E-state index in [0.29, 0.717) is 16.1 Å². The van der Waals surface area contributed by atoms with E-state index in [1.807, 2.05) is 0 Å². The van der Waals surface area contributed by atoms with Crippen LogP contribution in [-0.4, -0.2) is 9.97 Å². The number of aryl methyl sites for hydroxylation is 2. The molecule has 0 bridgehead atoms. The molecule has 3 nitrogen and oxygen atoms in total. The second-order valence-electron chi connectivity index (χ2n) is 4.89. The minimum atomic E-state index is -0.307. The van der Waals surface area contributed by atoms with Gasteiger partial charge in [-0.05, 0) is 59.0 Å². The van der Waals surface area contributed by atoms with Gasteiger partial charge in [0, 0.05) is 4.88 Å². The standard InChI is InChI=1S/C15H10BrFN2OS/c16-10-6-8(17)4-5-11(10)20-14-13-9-2-1-3-12(9)21-15(13)19-7-18-14/h4-7H,1-3H2. The summed E-state index contributed by atoms with van der Waals surface area (Å²) in [5.74, 6) is 0.791. The molecule has 2 aromatic heterocycles. The number of hydrogen-bond acceptors (Lipinski definition) is 4. The highest BCUT2D eigenvalue weighted by molar-refractivity contribution is 9.10. The number of fused-ring (bicyclic) bond motifs is 3. The molecular weight excluding hydrogens is 355 g/mol. The number of aromatic nitrogens is 2. The van der Waals surface area contributed by atoms with Crippen molar-refractivity contribution in [3.8, 4) is 11.6 Å². The maximum Gasteiger partial charge on any atom is 0.231 e. The molecule has 2 heterocycles. The molecule has 0 saturated carbocycles. The third kappa shape index (κ3) is 2.22. The molecule has 1 aliphatic carbocycles. The lowest BCUT2D eigenvalue weighted by Crippen LogP contribution is -1.92. The predicted molar refractivity (Wildman–Crippen MR) is 83.6 cm³/mol. The zero-order valence-electron chi connectivity index (χ0n) is 10.9. The van der Waals surface area contributed by atoms with Crippen LogP contribution in [0.1, 0.15) is 16.9 Å². The van der Waals surface area contributed by atoms with Crippen LogP contribution in [0.4, 0.5) is 4.39 Å². The van der Waals surface area contributed by atoms with Gasteiger partial charge >= 0.3 is 0 Å². The van der Waals surface area contributed by atoms with Crippen LogP contribution < -0.4 is 4.74 Å². The summed E-state index contributed by atoms with van der Waals surface area (Å²) in [7, 11) is 0. The van der Waals surface area contributed by atoms with Gasteiger partial charge in [0.2, 0.25) is 5.88 Å². The quantitative estimate of drug-likeness (QED) is 0.650. The number of hydrogen-bond donors (Lipinski definition) is 0. The molecule has 0 unspecified atom stereocenters. The van der Waals surface area contributed by atoms with E-state index in [-0.39, 0.29) is 5.82 Å². The molecule has 0 fully saturated rings. The van der Waals surface area contributed by atoms with Gasteiger partial charge in [-0.2, -0.15) is 0 Å². The maximum atomic E-state index is 13.2. The van der Waals surface area contributed by atoms with Crippen LogP contribution in [0.25, 0.3) is 10.2 Å². The zero-order valence-corrected chi connectivity index (χ0v) is 13.3. The van der Waals surface area contributed by atoms with E-state index in [2.05, 4.69) is 25.9 Å². The summed E-state index contributed by atoms with van der Waals surface area (Å²) in [6, 6.07) is 4.35. The first-order chi connectivity index (χ1) is 10.2. The van der Waals surface area contributed by atoms with Crippen molar-refractivity contribution in [1.82, 2.24) is 9.97 Å². The smallest absolute Gasteiger partial charge is 0.231 e. The SMILES string of the molecule is Fc1ccc(Oc2ncnc3sc4c(c23)CCC4)c(Br)c1. The Balaban J connectivity index is 1.83. The van der Waals surface area contributed by atoms with Crippen molar-refractivity contribution in [3.05, 3.63) is 45.3 Å². The molecule has 0 amide bonds. The van der Waals surface area contributed by atoms with Crippen LogP contribution >= 0.6 is 27.3 Å². The largest absolute Gasteiger partial charge is 0.437 e. The summed E-state index contributed by atoms with van der Waals surface area (Å²) < 4.78 is 19.6. The van der Waals surface area contributed by atoms with Crippen LogP contribution in [0.3, 0.4) is 0 Å². The topological polar surface area (TPSA) is 35.0 Å². The van der Waals surface area contributed by atoms with Gasteiger partial charge in [-0.15, -0.1) is 11.3 Å². The lowest BCUT2D eigenvalue weighted by Gasteiger charge is -2.08. The van der Waals surface area contributed by atoms with Crippen molar-refractivity contribution >= 4 is 37.5 Å². The van der Waals surface area contributed by atoms with E-state index in [1.54, 1.807) is 17.4 Å². The molecule has 0 spiro atoms. The second kappa shape index (κ2) is 5.03. The van der Waals surface area contributed by atoms with Crippen LogP contribution in [-0.2, 0) is 12.8 Å². The highest BCUT2D eigenvalue weighted by atomic mass is 79.9. The molecule has 1 aliphatic rings. The number of ether oxygens (including phenoxy) is 1. The van der Waals surface area contributed by atoms with Crippen molar-refractivity contribution in [3.63, 3.8) is 0 Å². The fraction of sp³-hybridized carbons (Fsp3) is 0.200. The fourth-order valence-corrected chi connectivity index (χ4v) is 4.29. The van der Waals surface area contributed by atoms with Crippen LogP contribution in [0, 0.1) is 5.82 Å². The van der Waals surface area contributed by atoms with Crippen LogP contribution in [0.5, 0.6) is 11.6 Å². The molecule has 6 heteroatoms. The van der Waals surface area contributed by atoms with Gasteiger partial charge < -0.3 is 4.74 Å². The summed E-state index contributed by atoms with van der Waals surface area (Å²) >= 11 is 5.03. The Labute approximate surface area is 132 Å². The normalized spacial score (nSPS) is 13.6. The first kappa shape index (κ1) is 13.2. The Kier molecular flexibility index (Phi) is 3.15. The molecule has 106 valence electrons. The zero-order chi connectivity index (χ0) is 14.4. The van der Waals surface area contributed by atoms with E-state index < -0.39 is 0 Å². The Bertz CT molecular complexity index is 849. The lowest BCUT2D eigenvalue weighted by atomic mass is 10.2. The van der Waals surface area contributed by atoms with Gasteiger partial charge in [0.1, 0.15) is 22.7 Å². The number of nitrogens with zero attached hydrogens (tertiary/aromatic N) is 2. The van der Waals surface area contributed by atoms with Crippen molar-refractivity contribution < 1.29 is 9.13 Å². The average molecular weight is 365 g/mol. The summed E-state index contributed by atoms with van der Waals surface area (Å²) in [5, 5.41) is 1.01. The average Bonchev–Trinajstić information content (AvgIpc) is 3.02. The van der Waals surface area contributed by atoms with Crippen molar-refractivity contribution in [1.29, 1.82) is 0 Å².